The molecule has 0 aliphatic rings. The Morgan fingerprint density at radius 3 is 2.73 bits per heavy atom. The molecule has 0 unspecified atom stereocenters. The predicted molar refractivity (Wildman–Crippen MR) is 100 cm³/mol. The van der Waals surface area contributed by atoms with E-state index in [4.69, 9.17) is 11.6 Å². The first kappa shape index (κ1) is 20.3. The Morgan fingerprint density at radius 1 is 1.38 bits per heavy atom. The van der Waals surface area contributed by atoms with Gasteiger partial charge in [0.05, 0.1) is 17.6 Å². The number of rotatable bonds is 8. The molecule has 1 heterocycles. The fourth-order valence-electron chi connectivity index (χ4n) is 2.49. The van der Waals surface area contributed by atoms with Crippen LogP contribution in [-0.4, -0.2) is 59.5 Å². The molecule has 1 aromatic carbocycles. The second-order valence-electron chi connectivity index (χ2n) is 5.78. The number of carbonyl (C=O) groups is 1. The summed E-state index contributed by atoms with van der Waals surface area (Å²) in [6.45, 7) is 4.62. The number of nitrogens with one attached hydrogen (secondary N) is 1. The monoisotopic (exact) mass is 399 g/mol. The van der Waals surface area contributed by atoms with E-state index < -0.39 is 10.0 Å². The maximum absolute atomic E-state index is 12.3. The van der Waals surface area contributed by atoms with Crippen molar-refractivity contribution in [3.8, 4) is 5.69 Å². The van der Waals surface area contributed by atoms with E-state index in [1.165, 1.54) is 10.6 Å². The topological polar surface area (TPSA) is 97.2 Å². The maximum atomic E-state index is 12.3. The first-order valence-electron chi connectivity index (χ1n) is 8.15. The highest BCUT2D eigenvalue weighted by Crippen LogP contribution is 2.16. The van der Waals surface area contributed by atoms with Gasteiger partial charge < -0.3 is 5.32 Å². The number of sulfonamides is 1. The van der Waals surface area contributed by atoms with Gasteiger partial charge >= 0.3 is 0 Å². The number of carbonyl (C=O) groups excluding carboxylic acids is 1. The maximum Gasteiger partial charge on any atom is 0.273 e. The van der Waals surface area contributed by atoms with Crippen molar-refractivity contribution in [2.24, 2.45) is 0 Å². The fraction of sp³-hybridized carbons (Fsp3) is 0.438. The van der Waals surface area contributed by atoms with Gasteiger partial charge in [0, 0.05) is 24.7 Å². The second kappa shape index (κ2) is 8.61. The van der Waals surface area contributed by atoms with Crippen molar-refractivity contribution in [3.63, 3.8) is 0 Å². The molecule has 2 rings (SSSR count). The van der Waals surface area contributed by atoms with Crippen molar-refractivity contribution in [1.29, 1.82) is 0 Å². The summed E-state index contributed by atoms with van der Waals surface area (Å²) in [5.41, 5.74) is 1.53. The third kappa shape index (κ3) is 5.03. The van der Waals surface area contributed by atoms with E-state index >= 15 is 0 Å². The lowest BCUT2D eigenvalue weighted by Crippen LogP contribution is -2.33. The molecule has 0 radical (unpaired) electrons. The average Bonchev–Trinajstić information content (AvgIpc) is 2.95. The normalized spacial score (nSPS) is 11.7. The first-order valence-corrected chi connectivity index (χ1v) is 10.4. The van der Waals surface area contributed by atoms with Gasteiger partial charge in [0.15, 0.2) is 5.69 Å². The van der Waals surface area contributed by atoms with E-state index in [0.717, 1.165) is 0 Å². The van der Waals surface area contributed by atoms with Gasteiger partial charge in [0.25, 0.3) is 5.91 Å². The molecule has 0 aliphatic heterocycles. The van der Waals surface area contributed by atoms with Crippen LogP contribution >= 0.6 is 11.6 Å². The van der Waals surface area contributed by atoms with E-state index in [-0.39, 0.29) is 11.6 Å². The molecule has 0 spiro atoms. The molecule has 2 aromatic rings. The van der Waals surface area contributed by atoms with Crippen LogP contribution in [0.4, 0.5) is 0 Å². The standard InChI is InChI=1S/C16H22ClN5O3S/c1-4-21(26(3,24)25)10-6-9-18-16(23)15-12(2)22(20-19-15)14-8-5-7-13(17)11-14/h5,7-8,11H,4,6,9-10H2,1-3H3,(H,18,23). The molecule has 1 amide bonds. The number of aromatic nitrogens is 3. The van der Waals surface area contributed by atoms with Crippen LogP contribution in [0.25, 0.3) is 5.69 Å². The van der Waals surface area contributed by atoms with Gasteiger partial charge in [-0.05, 0) is 31.5 Å². The summed E-state index contributed by atoms with van der Waals surface area (Å²) in [6, 6.07) is 7.09. The third-order valence-electron chi connectivity index (χ3n) is 3.85. The van der Waals surface area contributed by atoms with Crippen molar-refractivity contribution >= 4 is 27.5 Å². The summed E-state index contributed by atoms with van der Waals surface area (Å²) in [5, 5.41) is 11.3. The van der Waals surface area contributed by atoms with Crippen LogP contribution in [0.5, 0.6) is 0 Å². The third-order valence-corrected chi connectivity index (χ3v) is 5.47. The highest BCUT2D eigenvalue weighted by Gasteiger charge is 2.18. The Morgan fingerprint density at radius 2 is 2.12 bits per heavy atom. The summed E-state index contributed by atoms with van der Waals surface area (Å²) < 4.78 is 26.0. The van der Waals surface area contributed by atoms with Gasteiger partial charge in [0.2, 0.25) is 10.0 Å². The Labute approximate surface area is 158 Å². The molecule has 142 valence electrons. The van der Waals surface area contributed by atoms with Gasteiger partial charge in [-0.1, -0.05) is 29.8 Å². The Hall–Kier alpha value is -1.97. The van der Waals surface area contributed by atoms with Crippen LogP contribution in [0.15, 0.2) is 24.3 Å². The lowest BCUT2D eigenvalue weighted by molar-refractivity contribution is 0.0947. The Bertz CT molecular complexity index is 882. The molecular formula is C16H22ClN5O3S. The van der Waals surface area contributed by atoms with E-state index in [2.05, 4.69) is 15.6 Å². The van der Waals surface area contributed by atoms with Gasteiger partial charge in [0.1, 0.15) is 0 Å². The number of hydrogen-bond acceptors (Lipinski definition) is 5. The molecular weight excluding hydrogens is 378 g/mol. The first-order chi connectivity index (χ1) is 12.2. The van der Waals surface area contributed by atoms with E-state index in [9.17, 15) is 13.2 Å². The Balaban J connectivity index is 1.97. The molecule has 8 nitrogen and oxygen atoms in total. The molecule has 1 N–H and O–H groups in total. The number of benzene rings is 1. The highest BCUT2D eigenvalue weighted by molar-refractivity contribution is 7.88. The molecule has 0 fully saturated rings. The number of nitrogens with zero attached hydrogens (tertiary/aromatic N) is 4. The molecule has 26 heavy (non-hydrogen) atoms. The van der Waals surface area contributed by atoms with Crippen LogP contribution in [-0.2, 0) is 10.0 Å². The average molecular weight is 400 g/mol. The van der Waals surface area contributed by atoms with Crippen LogP contribution in [0, 0.1) is 6.92 Å². The molecule has 0 aliphatic carbocycles. The lowest BCUT2D eigenvalue weighted by atomic mass is 10.3. The molecule has 0 bridgehead atoms. The zero-order valence-electron chi connectivity index (χ0n) is 14.9. The van der Waals surface area contributed by atoms with E-state index in [1.807, 2.05) is 6.07 Å². The van der Waals surface area contributed by atoms with Crippen LogP contribution in [0.2, 0.25) is 5.02 Å². The molecule has 0 saturated heterocycles. The Kier molecular flexibility index (Phi) is 6.74. The predicted octanol–water partition coefficient (Wildman–Crippen LogP) is 1.63. The van der Waals surface area contributed by atoms with Crippen LogP contribution in [0.3, 0.4) is 0 Å². The number of hydrogen-bond donors (Lipinski definition) is 1. The van der Waals surface area contributed by atoms with Crippen LogP contribution in [0.1, 0.15) is 29.5 Å². The minimum atomic E-state index is -3.22. The largest absolute Gasteiger partial charge is 0.351 e. The summed E-state index contributed by atoms with van der Waals surface area (Å²) in [4.78, 5) is 12.3. The van der Waals surface area contributed by atoms with Crippen molar-refractivity contribution in [2.45, 2.75) is 20.3 Å². The zero-order chi connectivity index (χ0) is 19.3. The van der Waals surface area contributed by atoms with Crippen molar-refractivity contribution in [1.82, 2.24) is 24.6 Å². The molecule has 0 atom stereocenters. The quantitative estimate of drug-likeness (QED) is 0.680. The number of halogens is 1. The molecule has 1 aromatic heterocycles. The summed E-state index contributed by atoms with van der Waals surface area (Å²) in [6.07, 6.45) is 1.68. The van der Waals surface area contributed by atoms with Gasteiger partial charge in [-0.3, -0.25) is 4.79 Å². The van der Waals surface area contributed by atoms with Gasteiger partial charge in [-0.25, -0.2) is 17.4 Å². The second-order valence-corrected chi connectivity index (χ2v) is 8.20. The summed E-state index contributed by atoms with van der Waals surface area (Å²) in [7, 11) is -3.22. The van der Waals surface area contributed by atoms with E-state index in [1.54, 1.807) is 36.7 Å². The summed E-state index contributed by atoms with van der Waals surface area (Å²) in [5.74, 6) is -0.349. The van der Waals surface area contributed by atoms with Crippen molar-refractivity contribution < 1.29 is 13.2 Å². The minimum absolute atomic E-state index is 0.223. The SMILES string of the molecule is CCN(CCCNC(=O)c1nnn(-c2cccc(Cl)c2)c1C)S(C)(=O)=O. The molecule has 0 saturated carbocycles. The minimum Gasteiger partial charge on any atom is -0.351 e. The molecule has 10 heteroatoms. The number of amides is 1. The van der Waals surface area contributed by atoms with Gasteiger partial charge in [-0.15, -0.1) is 5.10 Å². The van der Waals surface area contributed by atoms with Crippen molar-refractivity contribution in [2.75, 3.05) is 25.9 Å². The smallest absolute Gasteiger partial charge is 0.273 e. The van der Waals surface area contributed by atoms with Crippen molar-refractivity contribution in [3.05, 3.63) is 40.7 Å². The van der Waals surface area contributed by atoms with E-state index in [0.29, 0.717) is 42.5 Å². The van der Waals surface area contributed by atoms with Gasteiger partial charge in [-0.2, -0.15) is 0 Å². The summed E-state index contributed by atoms with van der Waals surface area (Å²) >= 11 is 5.98. The van der Waals surface area contributed by atoms with Crippen LogP contribution < -0.4 is 5.32 Å². The highest BCUT2D eigenvalue weighted by atomic mass is 35.5. The fourth-order valence-corrected chi connectivity index (χ4v) is 3.61. The lowest BCUT2D eigenvalue weighted by Gasteiger charge is -2.17. The zero-order valence-corrected chi connectivity index (χ0v) is 16.5.